The molecule has 3 aromatic carbocycles. The van der Waals surface area contributed by atoms with E-state index >= 15 is 0 Å². The molecule has 0 saturated carbocycles. The zero-order valence-electron chi connectivity index (χ0n) is 20.6. The van der Waals surface area contributed by atoms with E-state index in [1.54, 1.807) is 4.90 Å². The Kier molecular flexibility index (Phi) is 7.72. The van der Waals surface area contributed by atoms with Gasteiger partial charge in [0, 0.05) is 30.6 Å². The average molecular weight is 495 g/mol. The number of amides is 2. The van der Waals surface area contributed by atoms with Gasteiger partial charge in [-0.1, -0.05) is 78.9 Å². The highest BCUT2D eigenvalue weighted by Crippen LogP contribution is 2.24. The largest absolute Gasteiger partial charge is 0.376 e. The average Bonchev–Trinajstić information content (AvgIpc) is 3.60. The van der Waals surface area contributed by atoms with Crippen LogP contribution in [0.5, 0.6) is 0 Å². The van der Waals surface area contributed by atoms with Crippen molar-refractivity contribution in [2.75, 3.05) is 25.0 Å². The fourth-order valence-electron chi connectivity index (χ4n) is 4.51. The molecule has 1 N–H and O–H groups in total. The number of aromatic nitrogens is 2. The van der Waals surface area contributed by atoms with E-state index in [0.717, 1.165) is 35.3 Å². The maximum atomic E-state index is 13.3. The molecule has 0 aliphatic carbocycles. The summed E-state index contributed by atoms with van der Waals surface area (Å²) in [5.41, 5.74) is 3.49. The molecular weight excluding hydrogens is 464 g/mol. The first-order valence-corrected chi connectivity index (χ1v) is 12.6. The fourth-order valence-corrected chi connectivity index (χ4v) is 4.51. The number of carbonyl (C=O) groups is 2. The topological polar surface area (TPSA) is 76.5 Å². The number of anilines is 1. The van der Waals surface area contributed by atoms with E-state index in [0.29, 0.717) is 19.1 Å². The number of benzene rings is 3. The summed E-state index contributed by atoms with van der Waals surface area (Å²) in [5.74, 6) is -0.00217. The normalized spacial score (nSPS) is 14.9. The van der Waals surface area contributed by atoms with Crippen LogP contribution >= 0.6 is 0 Å². The Morgan fingerprint density at radius 2 is 1.62 bits per heavy atom. The van der Waals surface area contributed by atoms with Gasteiger partial charge in [0.2, 0.25) is 17.8 Å². The first-order chi connectivity index (χ1) is 18.2. The number of nitrogens with zero attached hydrogens (tertiary/aromatic N) is 3. The Bertz CT molecular complexity index is 1320. The minimum Gasteiger partial charge on any atom is -0.376 e. The third-order valence-corrected chi connectivity index (χ3v) is 6.39. The van der Waals surface area contributed by atoms with Gasteiger partial charge in [0.05, 0.1) is 18.2 Å². The van der Waals surface area contributed by atoms with E-state index in [4.69, 9.17) is 9.72 Å². The quantitative estimate of drug-likeness (QED) is 0.365. The molecule has 4 aromatic rings. The van der Waals surface area contributed by atoms with Crippen LogP contribution in [0.2, 0.25) is 0 Å². The summed E-state index contributed by atoms with van der Waals surface area (Å²) in [4.78, 5) is 32.8. The van der Waals surface area contributed by atoms with Crippen molar-refractivity contribution in [3.05, 3.63) is 103 Å². The van der Waals surface area contributed by atoms with Crippen molar-refractivity contribution < 1.29 is 14.3 Å². The van der Waals surface area contributed by atoms with Crippen molar-refractivity contribution >= 4 is 17.8 Å². The number of nitrogens with one attached hydrogen (secondary N) is 1. The standard InChI is InChI=1S/C30H30N4O3/c35-28(22-33(20-26-17-10-18-37-26)29(36)19-23-11-4-1-5-12-23)32-30-31-27(24-13-6-2-7-14-24)21-34(30)25-15-8-3-9-16-25/h1-9,11-16,21,26H,10,17-20,22H2,(H,31,32,35)/t26-/m1/s1. The van der Waals surface area contributed by atoms with E-state index in [2.05, 4.69) is 5.32 Å². The Hall–Kier alpha value is -4.23. The van der Waals surface area contributed by atoms with Crippen molar-refractivity contribution in [3.8, 4) is 16.9 Å². The Labute approximate surface area is 216 Å². The van der Waals surface area contributed by atoms with Crippen molar-refractivity contribution in [2.24, 2.45) is 0 Å². The predicted molar refractivity (Wildman–Crippen MR) is 143 cm³/mol. The third kappa shape index (κ3) is 6.32. The molecule has 2 heterocycles. The number of carbonyl (C=O) groups excluding carboxylic acids is 2. The lowest BCUT2D eigenvalue weighted by atomic mass is 10.1. The number of rotatable bonds is 9. The van der Waals surface area contributed by atoms with E-state index < -0.39 is 0 Å². The van der Waals surface area contributed by atoms with Crippen molar-refractivity contribution in [1.29, 1.82) is 0 Å². The fraction of sp³-hybridized carbons (Fsp3) is 0.233. The van der Waals surface area contributed by atoms with Crippen LogP contribution < -0.4 is 5.32 Å². The summed E-state index contributed by atoms with van der Waals surface area (Å²) in [6.07, 6.45) is 3.94. The van der Waals surface area contributed by atoms with Crippen LogP contribution in [0.1, 0.15) is 18.4 Å². The van der Waals surface area contributed by atoms with Crippen LogP contribution in [0.4, 0.5) is 5.95 Å². The van der Waals surface area contributed by atoms with Crippen LogP contribution in [0.25, 0.3) is 16.9 Å². The summed E-state index contributed by atoms with van der Waals surface area (Å²) < 4.78 is 7.63. The monoisotopic (exact) mass is 494 g/mol. The molecule has 1 saturated heterocycles. The first-order valence-electron chi connectivity index (χ1n) is 12.6. The Balaban J connectivity index is 1.36. The highest BCUT2D eigenvalue weighted by molar-refractivity contribution is 5.94. The summed E-state index contributed by atoms with van der Waals surface area (Å²) in [5, 5.41) is 2.95. The third-order valence-electron chi connectivity index (χ3n) is 6.39. The molecule has 5 rings (SSSR count). The molecule has 1 aromatic heterocycles. The van der Waals surface area contributed by atoms with E-state index in [-0.39, 0.29) is 30.9 Å². The number of imidazole rings is 1. The number of para-hydroxylation sites is 1. The number of hydrogen-bond donors (Lipinski definition) is 1. The zero-order chi connectivity index (χ0) is 25.5. The molecule has 7 heteroatoms. The summed E-state index contributed by atoms with van der Waals surface area (Å²) >= 11 is 0. The highest BCUT2D eigenvalue weighted by Gasteiger charge is 2.25. The van der Waals surface area contributed by atoms with Gasteiger partial charge in [0.1, 0.15) is 6.54 Å². The van der Waals surface area contributed by atoms with Gasteiger partial charge >= 0.3 is 0 Å². The van der Waals surface area contributed by atoms with Crippen LogP contribution in [0.15, 0.2) is 97.2 Å². The number of ether oxygens (including phenoxy) is 1. The van der Waals surface area contributed by atoms with E-state index in [9.17, 15) is 9.59 Å². The molecule has 1 atom stereocenters. The Morgan fingerprint density at radius 3 is 2.30 bits per heavy atom. The molecule has 1 aliphatic rings. The molecule has 0 spiro atoms. The van der Waals surface area contributed by atoms with Crippen LogP contribution in [-0.4, -0.2) is 52.1 Å². The highest BCUT2D eigenvalue weighted by atomic mass is 16.5. The molecule has 2 amide bonds. The van der Waals surface area contributed by atoms with Gasteiger partial charge < -0.3 is 9.64 Å². The second-order valence-corrected chi connectivity index (χ2v) is 9.14. The second-order valence-electron chi connectivity index (χ2n) is 9.14. The van der Waals surface area contributed by atoms with Gasteiger partial charge in [-0.25, -0.2) is 4.98 Å². The lowest BCUT2D eigenvalue weighted by Gasteiger charge is -2.25. The lowest BCUT2D eigenvalue weighted by molar-refractivity contribution is -0.135. The van der Waals surface area contributed by atoms with Crippen molar-refractivity contribution in [1.82, 2.24) is 14.5 Å². The summed E-state index contributed by atoms with van der Waals surface area (Å²) in [6.45, 7) is 1.00. The van der Waals surface area contributed by atoms with Gasteiger partial charge in [0.25, 0.3) is 0 Å². The van der Waals surface area contributed by atoms with Crippen LogP contribution in [-0.2, 0) is 20.7 Å². The molecule has 188 valence electrons. The van der Waals surface area contributed by atoms with Crippen LogP contribution in [0, 0.1) is 0 Å². The minimum absolute atomic E-state index is 0.0523. The molecule has 37 heavy (non-hydrogen) atoms. The molecule has 0 unspecified atom stereocenters. The smallest absolute Gasteiger partial charge is 0.246 e. The van der Waals surface area contributed by atoms with Crippen LogP contribution in [0.3, 0.4) is 0 Å². The maximum absolute atomic E-state index is 13.3. The SMILES string of the molecule is O=C(CN(C[C@H]1CCCO1)C(=O)Cc1ccccc1)Nc1nc(-c2ccccc2)cn1-c1ccccc1. The first kappa shape index (κ1) is 24.5. The minimum atomic E-state index is -0.304. The van der Waals surface area contributed by atoms with Gasteiger partial charge in [-0.3, -0.25) is 19.5 Å². The van der Waals surface area contributed by atoms with Crippen molar-refractivity contribution in [2.45, 2.75) is 25.4 Å². The maximum Gasteiger partial charge on any atom is 0.246 e. The molecule has 7 nitrogen and oxygen atoms in total. The van der Waals surface area contributed by atoms with E-state index in [1.165, 1.54) is 0 Å². The summed E-state index contributed by atoms with van der Waals surface area (Å²) in [7, 11) is 0. The lowest BCUT2D eigenvalue weighted by Crippen LogP contribution is -2.43. The molecular formula is C30H30N4O3. The summed E-state index contributed by atoms with van der Waals surface area (Å²) in [6, 6.07) is 29.1. The zero-order valence-corrected chi connectivity index (χ0v) is 20.6. The number of hydrogen-bond acceptors (Lipinski definition) is 4. The van der Waals surface area contributed by atoms with Gasteiger partial charge in [0.15, 0.2) is 0 Å². The molecule has 1 aliphatic heterocycles. The second kappa shape index (κ2) is 11.7. The molecule has 0 bridgehead atoms. The van der Waals surface area contributed by atoms with Gasteiger partial charge in [-0.15, -0.1) is 0 Å². The predicted octanol–water partition coefficient (Wildman–Crippen LogP) is 4.73. The van der Waals surface area contributed by atoms with E-state index in [1.807, 2.05) is 102 Å². The Morgan fingerprint density at radius 1 is 0.946 bits per heavy atom. The molecule has 0 radical (unpaired) electrons. The van der Waals surface area contributed by atoms with Gasteiger partial charge in [-0.05, 0) is 30.5 Å². The van der Waals surface area contributed by atoms with Gasteiger partial charge in [-0.2, -0.15) is 0 Å². The van der Waals surface area contributed by atoms with Crippen molar-refractivity contribution in [3.63, 3.8) is 0 Å². The molecule has 1 fully saturated rings.